The maximum Gasteiger partial charge on any atom is 0.136 e. The van der Waals surface area contributed by atoms with Gasteiger partial charge in [-0.3, -0.25) is 0 Å². The zero-order chi connectivity index (χ0) is 45.7. The Morgan fingerprint density at radius 2 is 0.681 bits per heavy atom. The molecule has 3 heteroatoms. The number of hydrogen-bond donors (Lipinski definition) is 0. The molecule has 0 aliphatic heterocycles. The van der Waals surface area contributed by atoms with E-state index in [0.717, 1.165) is 61.4 Å². The second kappa shape index (κ2) is 16.9. The van der Waals surface area contributed by atoms with E-state index >= 15 is 0 Å². The smallest absolute Gasteiger partial charge is 0.136 e. The molecule has 2 aromatic heterocycles. The van der Waals surface area contributed by atoms with Gasteiger partial charge in [0, 0.05) is 44.3 Å². The van der Waals surface area contributed by atoms with Crippen LogP contribution in [0.2, 0.25) is 0 Å². The SMILES string of the molecule is c1ccc(-c2cccc(-c3ccc(N(c4ccc(-c5ccc(-c6cccc(-n7c8ccccc8c8ccccc87)c6)cc5)cc4)c4ccc(-c5cccc6oc7ccccc7c56)cc4)cc3)c2)cc1. The largest absolute Gasteiger partial charge is 0.456 e. The van der Waals surface area contributed by atoms with Crippen molar-refractivity contribution in [3.8, 4) is 61.3 Å². The normalized spacial score (nSPS) is 11.5. The Bertz CT molecular complexity index is 3920. The highest BCUT2D eigenvalue weighted by molar-refractivity contribution is 6.12. The summed E-state index contributed by atoms with van der Waals surface area (Å²) in [4.78, 5) is 2.35. The first-order chi connectivity index (χ1) is 34.2. The predicted octanol–water partition coefficient (Wildman–Crippen LogP) is 18.5. The standard InChI is InChI=1S/C66H44N2O/c1-2-13-45(14-3-1)51-15-10-16-52(43-51)49-33-39-55(40-34-49)67(56-41-35-50(36-42-56)58-22-12-26-65-66(58)61-21-6-9-25-64(61)69-65)54-37-31-47(32-38-54)46-27-29-48(30-28-46)53-17-11-18-57(44-53)68-62-23-7-4-19-59(62)60-20-5-8-24-63(60)68/h1-44H. The van der Waals surface area contributed by atoms with Gasteiger partial charge in [0.25, 0.3) is 0 Å². The van der Waals surface area contributed by atoms with Gasteiger partial charge in [0.05, 0.1) is 11.0 Å². The van der Waals surface area contributed by atoms with Gasteiger partial charge in [-0.15, -0.1) is 0 Å². The number of para-hydroxylation sites is 3. The first-order valence-electron chi connectivity index (χ1n) is 23.6. The van der Waals surface area contributed by atoms with Crippen molar-refractivity contribution in [3.63, 3.8) is 0 Å². The van der Waals surface area contributed by atoms with Crippen LogP contribution in [0.1, 0.15) is 0 Å². The molecule has 0 aliphatic carbocycles. The average molecular weight is 881 g/mol. The topological polar surface area (TPSA) is 21.3 Å². The van der Waals surface area contributed by atoms with Crippen LogP contribution < -0.4 is 4.90 Å². The van der Waals surface area contributed by atoms with Crippen molar-refractivity contribution in [2.45, 2.75) is 0 Å². The van der Waals surface area contributed by atoms with E-state index < -0.39 is 0 Å². The number of benzene rings is 11. The number of hydrogen-bond acceptors (Lipinski definition) is 2. The lowest BCUT2D eigenvalue weighted by Crippen LogP contribution is -2.09. The molecule has 0 saturated heterocycles. The van der Waals surface area contributed by atoms with E-state index in [1.165, 1.54) is 60.8 Å². The molecule has 0 amide bonds. The van der Waals surface area contributed by atoms with E-state index in [-0.39, 0.29) is 0 Å². The zero-order valence-corrected chi connectivity index (χ0v) is 37.7. The van der Waals surface area contributed by atoms with Gasteiger partial charge in [0.1, 0.15) is 11.2 Å². The fourth-order valence-electron chi connectivity index (χ4n) is 10.2. The first kappa shape index (κ1) is 40.1. The molecule has 13 rings (SSSR count). The summed E-state index contributed by atoms with van der Waals surface area (Å²) < 4.78 is 8.64. The number of aromatic nitrogens is 1. The quantitative estimate of drug-likeness (QED) is 0.144. The lowest BCUT2D eigenvalue weighted by molar-refractivity contribution is 0.669. The number of nitrogens with zero attached hydrogens (tertiary/aromatic N) is 2. The van der Waals surface area contributed by atoms with E-state index in [0.29, 0.717) is 0 Å². The molecule has 2 heterocycles. The van der Waals surface area contributed by atoms with Crippen LogP contribution in [0.3, 0.4) is 0 Å². The Morgan fingerprint density at radius 1 is 0.275 bits per heavy atom. The molecular formula is C66H44N2O. The van der Waals surface area contributed by atoms with Crippen LogP contribution in [-0.4, -0.2) is 4.57 Å². The van der Waals surface area contributed by atoms with Crippen LogP contribution in [0.25, 0.3) is 105 Å². The Labute approximate surface area is 401 Å². The minimum atomic E-state index is 0.897. The van der Waals surface area contributed by atoms with Crippen LogP contribution in [0.4, 0.5) is 17.1 Å². The van der Waals surface area contributed by atoms with Gasteiger partial charge in [-0.2, -0.15) is 0 Å². The Hall–Kier alpha value is -9.18. The monoisotopic (exact) mass is 880 g/mol. The Morgan fingerprint density at radius 3 is 1.28 bits per heavy atom. The van der Waals surface area contributed by atoms with E-state index in [1.54, 1.807) is 0 Å². The van der Waals surface area contributed by atoms with Crippen LogP contribution >= 0.6 is 0 Å². The fraction of sp³-hybridized carbons (Fsp3) is 0. The lowest BCUT2D eigenvalue weighted by atomic mass is 9.98. The second-order valence-corrected chi connectivity index (χ2v) is 17.7. The average Bonchev–Trinajstić information content (AvgIpc) is 3.98. The summed E-state index contributed by atoms with van der Waals surface area (Å²) in [6, 6.07) is 96.0. The third-order valence-corrected chi connectivity index (χ3v) is 13.6. The summed E-state index contributed by atoms with van der Waals surface area (Å²) in [5.74, 6) is 0. The predicted molar refractivity (Wildman–Crippen MR) is 290 cm³/mol. The van der Waals surface area contributed by atoms with E-state index in [2.05, 4.69) is 264 Å². The molecule has 3 nitrogen and oxygen atoms in total. The van der Waals surface area contributed by atoms with Crippen LogP contribution in [0.15, 0.2) is 271 Å². The number of rotatable bonds is 9. The van der Waals surface area contributed by atoms with E-state index in [1.807, 2.05) is 12.1 Å². The molecule has 69 heavy (non-hydrogen) atoms. The minimum absolute atomic E-state index is 0.897. The summed E-state index contributed by atoms with van der Waals surface area (Å²) >= 11 is 0. The van der Waals surface area contributed by atoms with Crippen molar-refractivity contribution in [1.29, 1.82) is 0 Å². The molecule has 0 saturated carbocycles. The highest BCUT2D eigenvalue weighted by atomic mass is 16.3. The zero-order valence-electron chi connectivity index (χ0n) is 37.7. The van der Waals surface area contributed by atoms with Crippen LogP contribution in [0, 0.1) is 0 Å². The molecule has 324 valence electrons. The fourth-order valence-corrected chi connectivity index (χ4v) is 10.2. The van der Waals surface area contributed by atoms with Gasteiger partial charge >= 0.3 is 0 Å². The van der Waals surface area contributed by atoms with E-state index in [9.17, 15) is 0 Å². The van der Waals surface area contributed by atoms with Gasteiger partial charge in [0.15, 0.2) is 0 Å². The maximum atomic E-state index is 6.26. The Balaban J connectivity index is 0.828. The number of anilines is 3. The van der Waals surface area contributed by atoms with Gasteiger partial charge in [-0.25, -0.2) is 0 Å². The third kappa shape index (κ3) is 7.25. The molecule has 11 aromatic carbocycles. The molecule has 13 aromatic rings. The molecule has 0 radical (unpaired) electrons. The minimum Gasteiger partial charge on any atom is -0.456 e. The summed E-state index contributed by atoms with van der Waals surface area (Å²) in [6.07, 6.45) is 0. The summed E-state index contributed by atoms with van der Waals surface area (Å²) in [7, 11) is 0. The molecule has 0 bridgehead atoms. The summed E-state index contributed by atoms with van der Waals surface area (Å²) in [5.41, 5.74) is 20.4. The first-order valence-corrected chi connectivity index (χ1v) is 23.6. The molecule has 0 atom stereocenters. The highest BCUT2D eigenvalue weighted by Crippen LogP contribution is 2.41. The number of fused-ring (bicyclic) bond motifs is 6. The molecule has 0 N–H and O–H groups in total. The third-order valence-electron chi connectivity index (χ3n) is 13.6. The van der Waals surface area contributed by atoms with Gasteiger partial charge < -0.3 is 13.9 Å². The van der Waals surface area contributed by atoms with Gasteiger partial charge in [-0.1, -0.05) is 188 Å². The van der Waals surface area contributed by atoms with Gasteiger partial charge in [-0.05, 0) is 134 Å². The van der Waals surface area contributed by atoms with Crippen LogP contribution in [-0.2, 0) is 0 Å². The van der Waals surface area contributed by atoms with E-state index in [4.69, 9.17) is 4.42 Å². The Kier molecular flexibility index (Phi) is 9.84. The molecule has 0 fully saturated rings. The molecular weight excluding hydrogens is 837 g/mol. The van der Waals surface area contributed by atoms with Crippen molar-refractivity contribution in [2.75, 3.05) is 4.90 Å². The van der Waals surface area contributed by atoms with Gasteiger partial charge in [0.2, 0.25) is 0 Å². The maximum absolute atomic E-state index is 6.26. The number of furan rings is 1. The highest BCUT2D eigenvalue weighted by Gasteiger charge is 2.17. The van der Waals surface area contributed by atoms with Crippen molar-refractivity contribution in [1.82, 2.24) is 4.57 Å². The van der Waals surface area contributed by atoms with Crippen LogP contribution in [0.5, 0.6) is 0 Å². The van der Waals surface area contributed by atoms with Crippen molar-refractivity contribution < 1.29 is 4.42 Å². The molecule has 0 unspecified atom stereocenters. The molecule has 0 spiro atoms. The molecule has 0 aliphatic rings. The second-order valence-electron chi connectivity index (χ2n) is 17.7. The summed E-state index contributed by atoms with van der Waals surface area (Å²) in [6.45, 7) is 0. The van der Waals surface area contributed by atoms with Crippen molar-refractivity contribution in [3.05, 3.63) is 267 Å². The van der Waals surface area contributed by atoms with Crippen molar-refractivity contribution >= 4 is 60.8 Å². The van der Waals surface area contributed by atoms with Crippen molar-refractivity contribution in [2.24, 2.45) is 0 Å². The summed E-state index contributed by atoms with van der Waals surface area (Å²) in [5, 5.41) is 4.80. The lowest BCUT2D eigenvalue weighted by Gasteiger charge is -2.26.